The summed E-state index contributed by atoms with van der Waals surface area (Å²) in [5.74, 6) is 0. The van der Waals surface area contributed by atoms with Gasteiger partial charge < -0.3 is 10.1 Å². The van der Waals surface area contributed by atoms with Crippen LogP contribution in [-0.2, 0) is 4.74 Å². The van der Waals surface area contributed by atoms with Gasteiger partial charge in [0.1, 0.15) is 6.33 Å². The maximum Gasteiger partial charge on any atom is 0.115 e. The smallest absolute Gasteiger partial charge is 0.115 e. The van der Waals surface area contributed by atoms with Gasteiger partial charge in [-0.15, -0.1) is 0 Å². The minimum absolute atomic E-state index is 0.0548. The molecule has 1 aliphatic carbocycles. The summed E-state index contributed by atoms with van der Waals surface area (Å²) in [4.78, 5) is 8.17. The zero-order chi connectivity index (χ0) is 11.4. The van der Waals surface area contributed by atoms with Gasteiger partial charge in [-0.05, 0) is 25.8 Å². The van der Waals surface area contributed by atoms with Crippen molar-refractivity contribution in [2.75, 3.05) is 13.7 Å². The summed E-state index contributed by atoms with van der Waals surface area (Å²) < 4.78 is 5.72. The highest BCUT2D eigenvalue weighted by atomic mass is 16.5. The molecule has 1 fully saturated rings. The lowest BCUT2D eigenvalue weighted by molar-refractivity contribution is -0.0996. The van der Waals surface area contributed by atoms with Crippen molar-refractivity contribution in [3.05, 3.63) is 24.3 Å². The largest absolute Gasteiger partial charge is 0.376 e. The molecule has 1 aromatic heterocycles. The maximum absolute atomic E-state index is 5.72. The lowest BCUT2D eigenvalue weighted by Gasteiger charge is -2.46. The zero-order valence-electron chi connectivity index (χ0n) is 9.94. The lowest BCUT2D eigenvalue weighted by atomic mass is 9.72. The quantitative estimate of drug-likeness (QED) is 0.822. The second-order valence-electron chi connectivity index (χ2n) is 4.28. The highest BCUT2D eigenvalue weighted by molar-refractivity contribution is 5.17. The van der Waals surface area contributed by atoms with E-state index in [1.54, 1.807) is 13.4 Å². The summed E-state index contributed by atoms with van der Waals surface area (Å²) >= 11 is 0. The van der Waals surface area contributed by atoms with Gasteiger partial charge in [0.15, 0.2) is 0 Å². The average molecular weight is 221 g/mol. The van der Waals surface area contributed by atoms with Crippen molar-refractivity contribution in [3.8, 4) is 0 Å². The number of methoxy groups -OCH3 is 1. The number of nitrogens with zero attached hydrogens (tertiary/aromatic N) is 2. The fourth-order valence-electron chi connectivity index (χ4n) is 2.41. The van der Waals surface area contributed by atoms with E-state index < -0.39 is 0 Å². The fourth-order valence-corrected chi connectivity index (χ4v) is 2.41. The molecule has 16 heavy (non-hydrogen) atoms. The van der Waals surface area contributed by atoms with Crippen LogP contribution in [0, 0.1) is 0 Å². The van der Waals surface area contributed by atoms with Crippen LogP contribution in [0.5, 0.6) is 0 Å². The first kappa shape index (κ1) is 11.5. The number of ether oxygens (including phenoxy) is 1. The first-order valence-electron chi connectivity index (χ1n) is 5.86. The van der Waals surface area contributed by atoms with E-state index in [2.05, 4.69) is 22.2 Å². The van der Waals surface area contributed by atoms with E-state index in [4.69, 9.17) is 4.74 Å². The van der Waals surface area contributed by atoms with Crippen LogP contribution in [0.1, 0.15) is 37.8 Å². The Kier molecular flexibility index (Phi) is 3.51. The predicted molar refractivity (Wildman–Crippen MR) is 62.0 cm³/mol. The van der Waals surface area contributed by atoms with E-state index in [0.717, 1.165) is 24.9 Å². The second-order valence-corrected chi connectivity index (χ2v) is 4.28. The third-order valence-electron chi connectivity index (χ3n) is 3.45. The molecule has 1 aromatic rings. The molecule has 2 rings (SSSR count). The Hall–Kier alpha value is -1.00. The minimum Gasteiger partial charge on any atom is -0.376 e. The molecule has 0 bridgehead atoms. The van der Waals surface area contributed by atoms with Gasteiger partial charge in [-0.2, -0.15) is 0 Å². The Morgan fingerprint density at radius 1 is 1.44 bits per heavy atom. The van der Waals surface area contributed by atoms with E-state index >= 15 is 0 Å². The molecule has 0 aliphatic heterocycles. The Morgan fingerprint density at radius 2 is 2.12 bits per heavy atom. The van der Waals surface area contributed by atoms with Crippen molar-refractivity contribution in [1.29, 1.82) is 0 Å². The Bertz CT molecular complexity index is 319. The summed E-state index contributed by atoms with van der Waals surface area (Å²) in [7, 11) is 1.80. The molecule has 1 aliphatic rings. The maximum atomic E-state index is 5.72. The number of likely N-dealkylation sites (N-methyl/N-ethyl adjacent to an activating group) is 1. The monoisotopic (exact) mass is 221 g/mol. The molecule has 4 heteroatoms. The molecular weight excluding hydrogens is 202 g/mol. The van der Waals surface area contributed by atoms with Gasteiger partial charge in [0.25, 0.3) is 0 Å². The Labute approximate surface area is 96.4 Å². The standard InChI is InChI=1S/C12H19N3O/c1-3-15-11(10-7-13-9-14-8-10)12(16-2)5-4-6-12/h7-9,11,15H,3-6H2,1-2H3. The fraction of sp³-hybridized carbons (Fsp3) is 0.667. The summed E-state index contributed by atoms with van der Waals surface area (Å²) in [5.41, 5.74) is 1.06. The van der Waals surface area contributed by atoms with E-state index in [-0.39, 0.29) is 11.6 Å². The van der Waals surface area contributed by atoms with Crippen LogP contribution in [-0.4, -0.2) is 29.2 Å². The van der Waals surface area contributed by atoms with Gasteiger partial charge in [0, 0.05) is 25.1 Å². The first-order valence-corrected chi connectivity index (χ1v) is 5.86. The molecule has 0 spiro atoms. The van der Waals surface area contributed by atoms with E-state index in [0.29, 0.717) is 0 Å². The zero-order valence-corrected chi connectivity index (χ0v) is 9.94. The Morgan fingerprint density at radius 3 is 2.56 bits per heavy atom. The average Bonchev–Trinajstić information content (AvgIpc) is 2.28. The number of hydrogen-bond donors (Lipinski definition) is 1. The normalized spacial score (nSPS) is 20.1. The van der Waals surface area contributed by atoms with Crippen LogP contribution in [0.25, 0.3) is 0 Å². The highest BCUT2D eigenvalue weighted by Crippen LogP contribution is 2.44. The molecule has 1 heterocycles. The number of nitrogens with one attached hydrogen (secondary N) is 1. The van der Waals surface area contributed by atoms with Crippen molar-refractivity contribution >= 4 is 0 Å². The van der Waals surface area contributed by atoms with Gasteiger partial charge in [-0.25, -0.2) is 9.97 Å². The summed E-state index contributed by atoms with van der Waals surface area (Å²) in [6, 6.07) is 0.206. The summed E-state index contributed by atoms with van der Waals surface area (Å²) in [5, 5.41) is 3.49. The van der Waals surface area contributed by atoms with Crippen LogP contribution in [0.2, 0.25) is 0 Å². The van der Waals surface area contributed by atoms with Crippen LogP contribution < -0.4 is 5.32 Å². The van der Waals surface area contributed by atoms with E-state index in [1.807, 2.05) is 12.4 Å². The molecule has 4 nitrogen and oxygen atoms in total. The first-order chi connectivity index (χ1) is 7.82. The number of hydrogen-bond acceptors (Lipinski definition) is 4. The SMILES string of the molecule is CCNC(c1cncnc1)C1(OC)CCC1. The van der Waals surface area contributed by atoms with E-state index in [9.17, 15) is 0 Å². The topological polar surface area (TPSA) is 47.0 Å². The third-order valence-corrected chi connectivity index (χ3v) is 3.45. The van der Waals surface area contributed by atoms with Crippen LogP contribution in [0.3, 0.4) is 0 Å². The molecule has 1 unspecified atom stereocenters. The van der Waals surface area contributed by atoms with Gasteiger partial charge in [0.2, 0.25) is 0 Å². The molecule has 0 radical (unpaired) electrons. The van der Waals surface area contributed by atoms with Crippen molar-refractivity contribution < 1.29 is 4.74 Å². The van der Waals surface area contributed by atoms with Crippen LogP contribution in [0.15, 0.2) is 18.7 Å². The minimum atomic E-state index is -0.0548. The van der Waals surface area contributed by atoms with Gasteiger partial charge >= 0.3 is 0 Å². The molecule has 1 atom stereocenters. The highest BCUT2D eigenvalue weighted by Gasteiger charge is 2.45. The molecule has 88 valence electrons. The van der Waals surface area contributed by atoms with Crippen LogP contribution >= 0.6 is 0 Å². The van der Waals surface area contributed by atoms with Crippen LogP contribution in [0.4, 0.5) is 0 Å². The summed E-state index contributed by atoms with van der Waals surface area (Å²) in [6.07, 6.45) is 8.77. The van der Waals surface area contributed by atoms with Gasteiger partial charge in [-0.3, -0.25) is 0 Å². The predicted octanol–water partition coefficient (Wildman–Crippen LogP) is 1.70. The third kappa shape index (κ3) is 1.95. The van der Waals surface area contributed by atoms with Gasteiger partial charge in [0.05, 0.1) is 11.6 Å². The Balaban J connectivity index is 2.23. The molecule has 0 amide bonds. The van der Waals surface area contributed by atoms with E-state index in [1.165, 1.54) is 6.42 Å². The molecule has 0 aromatic carbocycles. The molecule has 0 saturated heterocycles. The number of rotatable bonds is 5. The van der Waals surface area contributed by atoms with Gasteiger partial charge in [-0.1, -0.05) is 6.92 Å². The molecule has 1 N–H and O–H groups in total. The van der Waals surface area contributed by atoms with Crippen molar-refractivity contribution in [2.24, 2.45) is 0 Å². The molecule has 1 saturated carbocycles. The van der Waals surface area contributed by atoms with Crippen molar-refractivity contribution in [2.45, 2.75) is 37.8 Å². The van der Waals surface area contributed by atoms with Crippen molar-refractivity contribution in [3.63, 3.8) is 0 Å². The van der Waals surface area contributed by atoms with Crippen molar-refractivity contribution in [1.82, 2.24) is 15.3 Å². The lowest BCUT2D eigenvalue weighted by Crippen LogP contribution is -2.50. The molecular formula is C12H19N3O. The summed E-state index contributed by atoms with van der Waals surface area (Å²) in [6.45, 7) is 3.03. The number of aromatic nitrogens is 2. The second kappa shape index (κ2) is 4.89.